The second-order valence-corrected chi connectivity index (χ2v) is 5.87. The Hall–Kier alpha value is -1.81. The molecule has 1 aromatic carbocycles. The lowest BCUT2D eigenvalue weighted by Crippen LogP contribution is -2.30. The largest absolute Gasteiger partial charge is 0.497 e. The van der Waals surface area contributed by atoms with Crippen molar-refractivity contribution in [3.05, 3.63) is 52.2 Å². The van der Waals surface area contributed by atoms with Crippen molar-refractivity contribution >= 4 is 17.2 Å². The maximum absolute atomic E-state index is 12.3. The molecule has 0 saturated heterocycles. The highest BCUT2D eigenvalue weighted by Gasteiger charge is 2.12. The number of carbonyl (C=O) groups excluding carboxylic acids is 1. The number of hydrogen-bond acceptors (Lipinski definition) is 3. The van der Waals surface area contributed by atoms with Crippen LogP contribution in [-0.2, 0) is 17.8 Å². The number of aryl methyl sites for hydroxylation is 1. The molecular weight excluding hydrogens is 282 g/mol. The van der Waals surface area contributed by atoms with Gasteiger partial charge in [0.25, 0.3) is 0 Å². The fraction of sp³-hybridized carbons (Fsp3) is 0.353. The van der Waals surface area contributed by atoms with Crippen molar-refractivity contribution in [2.75, 3.05) is 13.7 Å². The van der Waals surface area contributed by atoms with Crippen LogP contribution in [0.25, 0.3) is 0 Å². The third-order valence-corrected chi connectivity index (χ3v) is 4.28. The molecule has 0 aliphatic heterocycles. The summed E-state index contributed by atoms with van der Waals surface area (Å²) in [6.45, 7) is 3.48. The van der Waals surface area contributed by atoms with Gasteiger partial charge in [-0.3, -0.25) is 4.79 Å². The third kappa shape index (κ3) is 4.60. The van der Waals surface area contributed by atoms with Crippen LogP contribution < -0.4 is 4.74 Å². The Morgan fingerprint density at radius 1 is 1.29 bits per heavy atom. The molecule has 0 spiro atoms. The second kappa shape index (κ2) is 7.84. The molecule has 0 atom stereocenters. The van der Waals surface area contributed by atoms with Gasteiger partial charge in [0.2, 0.25) is 5.91 Å². The lowest BCUT2D eigenvalue weighted by atomic mass is 10.1. The molecule has 0 saturated carbocycles. The molecule has 3 nitrogen and oxygen atoms in total. The van der Waals surface area contributed by atoms with Crippen LogP contribution in [0.5, 0.6) is 5.75 Å². The Bertz CT molecular complexity index is 566. The van der Waals surface area contributed by atoms with E-state index >= 15 is 0 Å². The maximum atomic E-state index is 12.3. The Morgan fingerprint density at radius 2 is 2.14 bits per heavy atom. The van der Waals surface area contributed by atoms with E-state index in [0.29, 0.717) is 13.0 Å². The first-order valence-electron chi connectivity index (χ1n) is 7.16. The summed E-state index contributed by atoms with van der Waals surface area (Å²) in [5.74, 6) is 1.04. The average molecular weight is 303 g/mol. The van der Waals surface area contributed by atoms with Gasteiger partial charge in [-0.15, -0.1) is 11.3 Å². The van der Waals surface area contributed by atoms with E-state index in [-0.39, 0.29) is 5.91 Å². The zero-order valence-electron chi connectivity index (χ0n) is 12.5. The first-order valence-corrected chi connectivity index (χ1v) is 8.04. The topological polar surface area (TPSA) is 29.5 Å². The molecule has 0 unspecified atom stereocenters. The van der Waals surface area contributed by atoms with Crippen LogP contribution in [0.15, 0.2) is 41.8 Å². The van der Waals surface area contributed by atoms with Gasteiger partial charge in [0.1, 0.15) is 5.75 Å². The molecule has 112 valence electrons. The van der Waals surface area contributed by atoms with Gasteiger partial charge in [0.15, 0.2) is 0 Å². The molecule has 21 heavy (non-hydrogen) atoms. The summed E-state index contributed by atoms with van der Waals surface area (Å²) in [6.07, 6.45) is 1.28. The fourth-order valence-corrected chi connectivity index (χ4v) is 2.92. The van der Waals surface area contributed by atoms with E-state index in [4.69, 9.17) is 4.74 Å². The van der Waals surface area contributed by atoms with Gasteiger partial charge < -0.3 is 9.64 Å². The molecule has 1 amide bonds. The number of thiophene rings is 1. The minimum atomic E-state index is 0.203. The molecule has 0 bridgehead atoms. The summed E-state index contributed by atoms with van der Waals surface area (Å²) in [7, 11) is 1.66. The van der Waals surface area contributed by atoms with E-state index in [0.717, 1.165) is 24.3 Å². The zero-order valence-corrected chi connectivity index (χ0v) is 13.4. The number of benzene rings is 1. The van der Waals surface area contributed by atoms with Crippen molar-refractivity contribution in [2.24, 2.45) is 0 Å². The summed E-state index contributed by atoms with van der Waals surface area (Å²) < 4.78 is 5.21. The highest BCUT2D eigenvalue weighted by atomic mass is 32.1. The molecule has 1 heterocycles. The first kappa shape index (κ1) is 15.6. The molecular formula is C17H21NO2S. The molecule has 0 N–H and O–H groups in total. The van der Waals surface area contributed by atoms with Crippen LogP contribution in [0.1, 0.15) is 23.8 Å². The number of nitrogens with zero attached hydrogens (tertiary/aromatic N) is 1. The first-order chi connectivity index (χ1) is 10.2. The minimum absolute atomic E-state index is 0.203. The summed E-state index contributed by atoms with van der Waals surface area (Å²) in [5.41, 5.74) is 1.13. The monoisotopic (exact) mass is 303 g/mol. The quantitative estimate of drug-likeness (QED) is 0.780. The molecule has 1 aromatic heterocycles. The van der Waals surface area contributed by atoms with Crippen molar-refractivity contribution in [3.63, 3.8) is 0 Å². The van der Waals surface area contributed by atoms with Crippen LogP contribution in [0.2, 0.25) is 0 Å². The summed E-state index contributed by atoms with van der Waals surface area (Å²) in [5, 5.41) is 2.05. The van der Waals surface area contributed by atoms with Crippen LogP contribution in [0.3, 0.4) is 0 Å². The van der Waals surface area contributed by atoms with E-state index < -0.39 is 0 Å². The van der Waals surface area contributed by atoms with Crippen molar-refractivity contribution in [1.29, 1.82) is 0 Å². The standard InChI is InChI=1S/C17H21NO2S/c1-3-18(13-16-8-5-11-21-16)17(19)10-9-14-6-4-7-15(12-14)20-2/h4-8,11-12H,3,9-10,13H2,1-2H3. The van der Waals surface area contributed by atoms with Crippen molar-refractivity contribution in [1.82, 2.24) is 4.90 Å². The summed E-state index contributed by atoms with van der Waals surface area (Å²) in [4.78, 5) is 15.5. The Kier molecular flexibility index (Phi) is 5.81. The van der Waals surface area contributed by atoms with Crippen LogP contribution in [0.4, 0.5) is 0 Å². The highest BCUT2D eigenvalue weighted by molar-refractivity contribution is 7.09. The van der Waals surface area contributed by atoms with Gasteiger partial charge in [-0.1, -0.05) is 18.2 Å². The summed E-state index contributed by atoms with van der Waals surface area (Å²) >= 11 is 1.69. The summed E-state index contributed by atoms with van der Waals surface area (Å²) in [6, 6.07) is 12.0. The highest BCUT2D eigenvalue weighted by Crippen LogP contribution is 2.16. The lowest BCUT2D eigenvalue weighted by Gasteiger charge is -2.20. The van der Waals surface area contributed by atoms with E-state index in [9.17, 15) is 4.79 Å². The zero-order chi connectivity index (χ0) is 15.1. The second-order valence-electron chi connectivity index (χ2n) is 4.84. The van der Waals surface area contributed by atoms with E-state index in [1.807, 2.05) is 47.5 Å². The number of ether oxygens (including phenoxy) is 1. The Labute approximate surface area is 130 Å². The molecule has 0 fully saturated rings. The van der Waals surface area contributed by atoms with Gasteiger partial charge in [0, 0.05) is 17.8 Å². The van der Waals surface area contributed by atoms with Crippen molar-refractivity contribution in [2.45, 2.75) is 26.3 Å². The smallest absolute Gasteiger partial charge is 0.223 e. The molecule has 4 heteroatoms. The number of amides is 1. The SMILES string of the molecule is CCN(Cc1cccs1)C(=O)CCc1cccc(OC)c1. The van der Waals surface area contributed by atoms with Gasteiger partial charge >= 0.3 is 0 Å². The molecule has 0 aliphatic carbocycles. The molecule has 0 aliphatic rings. The Balaban J connectivity index is 1.90. The van der Waals surface area contributed by atoms with E-state index in [1.54, 1.807) is 18.4 Å². The molecule has 2 rings (SSSR count). The van der Waals surface area contributed by atoms with Gasteiger partial charge in [-0.2, -0.15) is 0 Å². The van der Waals surface area contributed by atoms with E-state index in [1.165, 1.54) is 4.88 Å². The van der Waals surface area contributed by atoms with Crippen LogP contribution >= 0.6 is 11.3 Å². The van der Waals surface area contributed by atoms with Crippen molar-refractivity contribution in [3.8, 4) is 5.75 Å². The van der Waals surface area contributed by atoms with Gasteiger partial charge in [-0.05, 0) is 42.5 Å². The Morgan fingerprint density at radius 3 is 2.81 bits per heavy atom. The van der Waals surface area contributed by atoms with E-state index in [2.05, 4.69) is 6.07 Å². The number of hydrogen-bond donors (Lipinski definition) is 0. The molecule has 0 radical (unpaired) electrons. The van der Waals surface area contributed by atoms with Gasteiger partial charge in [-0.25, -0.2) is 0 Å². The predicted molar refractivity (Wildman–Crippen MR) is 86.7 cm³/mol. The van der Waals surface area contributed by atoms with Crippen LogP contribution in [0, 0.1) is 0 Å². The maximum Gasteiger partial charge on any atom is 0.223 e. The fourth-order valence-electron chi connectivity index (χ4n) is 2.20. The number of rotatable bonds is 7. The predicted octanol–water partition coefficient (Wildman–Crippen LogP) is 3.74. The number of methoxy groups -OCH3 is 1. The normalized spacial score (nSPS) is 10.4. The van der Waals surface area contributed by atoms with Crippen LogP contribution in [-0.4, -0.2) is 24.5 Å². The third-order valence-electron chi connectivity index (χ3n) is 3.42. The average Bonchev–Trinajstić information content (AvgIpc) is 3.03. The minimum Gasteiger partial charge on any atom is -0.497 e. The van der Waals surface area contributed by atoms with Gasteiger partial charge in [0.05, 0.1) is 13.7 Å². The molecule has 2 aromatic rings. The lowest BCUT2D eigenvalue weighted by molar-refractivity contribution is -0.131. The number of carbonyl (C=O) groups is 1. The van der Waals surface area contributed by atoms with Crippen molar-refractivity contribution < 1.29 is 9.53 Å².